The minimum absolute atomic E-state index is 0.256. The summed E-state index contributed by atoms with van der Waals surface area (Å²) in [6.45, 7) is 2.19. The van der Waals surface area contributed by atoms with Crippen LogP contribution in [0.1, 0.15) is 22.2 Å². The second kappa shape index (κ2) is 7.43. The SMILES string of the molecule is CCc1ccc(CC(Cc2ccc(OC)cc2)NN)s1. The van der Waals surface area contributed by atoms with Crippen LogP contribution in [-0.2, 0) is 19.3 Å². The van der Waals surface area contributed by atoms with Crippen molar-refractivity contribution in [3.63, 3.8) is 0 Å². The fourth-order valence-electron chi connectivity index (χ4n) is 2.20. The number of rotatable bonds is 7. The molecule has 0 saturated heterocycles. The van der Waals surface area contributed by atoms with E-state index in [1.54, 1.807) is 7.11 Å². The van der Waals surface area contributed by atoms with Crippen LogP contribution in [0.5, 0.6) is 5.75 Å². The van der Waals surface area contributed by atoms with Crippen LogP contribution in [-0.4, -0.2) is 13.2 Å². The minimum Gasteiger partial charge on any atom is -0.497 e. The molecule has 3 nitrogen and oxygen atoms in total. The maximum Gasteiger partial charge on any atom is 0.118 e. The number of methoxy groups -OCH3 is 1. The molecule has 1 atom stereocenters. The molecule has 0 spiro atoms. The molecular weight excluding hydrogens is 268 g/mol. The number of hydrogen-bond acceptors (Lipinski definition) is 4. The molecule has 1 aromatic carbocycles. The van der Waals surface area contributed by atoms with Gasteiger partial charge in [0.1, 0.15) is 5.75 Å². The Morgan fingerprint density at radius 2 is 1.80 bits per heavy atom. The standard InChI is InChI=1S/C16H22N2OS/c1-3-15-8-9-16(20-15)11-13(18-17)10-12-4-6-14(19-2)7-5-12/h4-9,13,18H,3,10-11,17H2,1-2H3. The van der Waals surface area contributed by atoms with Gasteiger partial charge in [-0.2, -0.15) is 0 Å². The molecule has 0 fully saturated rings. The molecule has 1 unspecified atom stereocenters. The number of nitrogens with one attached hydrogen (secondary N) is 1. The quantitative estimate of drug-likeness (QED) is 0.609. The molecule has 1 aromatic heterocycles. The lowest BCUT2D eigenvalue weighted by atomic mass is 10.0. The first-order chi connectivity index (χ1) is 9.75. The molecule has 20 heavy (non-hydrogen) atoms. The van der Waals surface area contributed by atoms with Crippen molar-refractivity contribution >= 4 is 11.3 Å². The Bertz CT molecular complexity index is 522. The van der Waals surface area contributed by atoms with Gasteiger partial charge >= 0.3 is 0 Å². The summed E-state index contributed by atoms with van der Waals surface area (Å²) >= 11 is 1.88. The Morgan fingerprint density at radius 1 is 1.10 bits per heavy atom. The topological polar surface area (TPSA) is 47.3 Å². The third-order valence-electron chi connectivity index (χ3n) is 3.39. The number of aryl methyl sites for hydroxylation is 1. The lowest BCUT2D eigenvalue weighted by Gasteiger charge is -2.15. The minimum atomic E-state index is 0.256. The average Bonchev–Trinajstić information content (AvgIpc) is 2.95. The molecular formula is C16H22N2OS. The summed E-state index contributed by atoms with van der Waals surface area (Å²) in [5.74, 6) is 6.58. The maximum absolute atomic E-state index is 5.69. The zero-order valence-electron chi connectivity index (χ0n) is 12.1. The molecule has 0 radical (unpaired) electrons. The summed E-state index contributed by atoms with van der Waals surface area (Å²) in [6.07, 6.45) is 2.98. The van der Waals surface area contributed by atoms with Crippen LogP contribution in [0.4, 0.5) is 0 Å². The van der Waals surface area contributed by atoms with E-state index in [0.29, 0.717) is 0 Å². The lowest BCUT2D eigenvalue weighted by Crippen LogP contribution is -2.38. The van der Waals surface area contributed by atoms with Crippen molar-refractivity contribution in [2.45, 2.75) is 32.2 Å². The van der Waals surface area contributed by atoms with Crippen molar-refractivity contribution in [2.24, 2.45) is 5.84 Å². The van der Waals surface area contributed by atoms with Gasteiger partial charge in [0.15, 0.2) is 0 Å². The Hall–Kier alpha value is -1.36. The summed E-state index contributed by atoms with van der Waals surface area (Å²) in [6, 6.07) is 12.8. The first-order valence-electron chi connectivity index (χ1n) is 6.91. The fraction of sp³-hybridized carbons (Fsp3) is 0.375. The highest BCUT2D eigenvalue weighted by atomic mass is 32.1. The molecule has 0 amide bonds. The summed E-state index contributed by atoms with van der Waals surface area (Å²) in [7, 11) is 1.68. The summed E-state index contributed by atoms with van der Waals surface area (Å²) < 4.78 is 5.17. The van der Waals surface area contributed by atoms with Gasteiger partial charge in [0.25, 0.3) is 0 Å². The third-order valence-corrected chi connectivity index (χ3v) is 4.64. The summed E-state index contributed by atoms with van der Waals surface area (Å²) in [5, 5.41) is 0. The third kappa shape index (κ3) is 4.07. The van der Waals surface area contributed by atoms with Gasteiger partial charge in [0, 0.05) is 15.8 Å². The van der Waals surface area contributed by atoms with E-state index in [2.05, 4.69) is 36.6 Å². The Labute approximate surface area is 124 Å². The summed E-state index contributed by atoms with van der Waals surface area (Å²) in [5.41, 5.74) is 4.20. The molecule has 0 aliphatic heterocycles. The van der Waals surface area contributed by atoms with Gasteiger partial charge < -0.3 is 4.74 Å². The van der Waals surface area contributed by atoms with Gasteiger partial charge in [-0.1, -0.05) is 19.1 Å². The lowest BCUT2D eigenvalue weighted by molar-refractivity contribution is 0.414. The molecule has 0 saturated carbocycles. The van der Waals surface area contributed by atoms with Crippen molar-refractivity contribution in [1.29, 1.82) is 0 Å². The van der Waals surface area contributed by atoms with E-state index < -0.39 is 0 Å². The summed E-state index contributed by atoms with van der Waals surface area (Å²) in [4.78, 5) is 2.82. The maximum atomic E-state index is 5.69. The van der Waals surface area contributed by atoms with Crippen LogP contribution in [0.25, 0.3) is 0 Å². The molecule has 3 N–H and O–H groups in total. The molecule has 0 bridgehead atoms. The van der Waals surface area contributed by atoms with E-state index in [-0.39, 0.29) is 6.04 Å². The second-order valence-electron chi connectivity index (χ2n) is 4.84. The monoisotopic (exact) mass is 290 g/mol. The van der Waals surface area contributed by atoms with E-state index in [0.717, 1.165) is 25.0 Å². The van der Waals surface area contributed by atoms with Crippen molar-refractivity contribution < 1.29 is 4.74 Å². The van der Waals surface area contributed by atoms with Crippen LogP contribution in [0.3, 0.4) is 0 Å². The number of hydrogen-bond donors (Lipinski definition) is 2. The highest BCUT2D eigenvalue weighted by Gasteiger charge is 2.10. The number of benzene rings is 1. The Kier molecular flexibility index (Phi) is 5.59. The van der Waals surface area contributed by atoms with E-state index in [1.165, 1.54) is 15.3 Å². The van der Waals surface area contributed by atoms with Crippen molar-refractivity contribution in [1.82, 2.24) is 5.43 Å². The second-order valence-corrected chi connectivity index (χ2v) is 6.09. The molecule has 4 heteroatoms. The molecule has 1 heterocycles. The first-order valence-corrected chi connectivity index (χ1v) is 7.73. The van der Waals surface area contributed by atoms with Crippen LogP contribution in [0, 0.1) is 0 Å². The van der Waals surface area contributed by atoms with E-state index in [1.807, 2.05) is 23.5 Å². The molecule has 0 aliphatic carbocycles. The smallest absolute Gasteiger partial charge is 0.118 e. The molecule has 2 rings (SSSR count). The van der Waals surface area contributed by atoms with Gasteiger partial charge in [0.2, 0.25) is 0 Å². The Morgan fingerprint density at radius 3 is 2.35 bits per heavy atom. The largest absolute Gasteiger partial charge is 0.497 e. The zero-order chi connectivity index (χ0) is 14.4. The molecule has 2 aromatic rings. The van der Waals surface area contributed by atoms with Gasteiger partial charge in [-0.15, -0.1) is 11.3 Å². The van der Waals surface area contributed by atoms with E-state index in [9.17, 15) is 0 Å². The van der Waals surface area contributed by atoms with Crippen LogP contribution in [0.15, 0.2) is 36.4 Å². The van der Waals surface area contributed by atoms with Crippen molar-refractivity contribution in [2.75, 3.05) is 7.11 Å². The molecule has 0 aliphatic rings. The normalized spacial score (nSPS) is 12.3. The predicted octanol–water partition coefficient (Wildman–Crippen LogP) is 2.94. The van der Waals surface area contributed by atoms with Gasteiger partial charge in [0.05, 0.1) is 7.11 Å². The van der Waals surface area contributed by atoms with Crippen molar-refractivity contribution in [3.8, 4) is 5.75 Å². The fourth-order valence-corrected chi connectivity index (χ4v) is 3.24. The van der Waals surface area contributed by atoms with E-state index in [4.69, 9.17) is 10.6 Å². The Balaban J connectivity index is 1.97. The van der Waals surface area contributed by atoms with Gasteiger partial charge in [-0.3, -0.25) is 11.3 Å². The van der Waals surface area contributed by atoms with Gasteiger partial charge in [-0.05, 0) is 49.1 Å². The first kappa shape index (κ1) is 15.0. The van der Waals surface area contributed by atoms with Crippen molar-refractivity contribution in [3.05, 3.63) is 51.7 Å². The highest BCUT2D eigenvalue weighted by molar-refractivity contribution is 7.11. The zero-order valence-corrected chi connectivity index (χ0v) is 12.9. The van der Waals surface area contributed by atoms with Crippen LogP contribution < -0.4 is 16.0 Å². The number of thiophene rings is 1. The number of ether oxygens (including phenoxy) is 1. The number of nitrogens with two attached hydrogens (primary N) is 1. The van der Waals surface area contributed by atoms with E-state index >= 15 is 0 Å². The van der Waals surface area contributed by atoms with Crippen LogP contribution >= 0.6 is 11.3 Å². The highest BCUT2D eigenvalue weighted by Crippen LogP contribution is 2.20. The average molecular weight is 290 g/mol. The molecule has 108 valence electrons. The van der Waals surface area contributed by atoms with Crippen LogP contribution in [0.2, 0.25) is 0 Å². The van der Waals surface area contributed by atoms with Gasteiger partial charge in [-0.25, -0.2) is 0 Å². The number of hydrazine groups is 1. The predicted molar refractivity (Wildman–Crippen MR) is 85.2 cm³/mol.